The predicted molar refractivity (Wildman–Crippen MR) is 46.2 cm³/mol. The first-order chi connectivity index (χ1) is 5.37. The lowest BCUT2D eigenvalue weighted by Gasteiger charge is -2.22. The van der Waals surface area contributed by atoms with E-state index in [2.05, 4.69) is 5.32 Å². The maximum atomic E-state index is 10.5. The molecule has 0 aliphatic heterocycles. The number of carbonyl (C=O) groups is 1. The second-order valence-electron chi connectivity index (χ2n) is 3.60. The summed E-state index contributed by atoms with van der Waals surface area (Å²) in [7, 11) is 1.60. The first-order valence-corrected chi connectivity index (χ1v) is 3.91. The minimum atomic E-state index is -0.887. The van der Waals surface area contributed by atoms with Crippen LogP contribution in [0.1, 0.15) is 20.8 Å². The molecule has 72 valence electrons. The molecular weight excluding hydrogens is 158 g/mol. The molecule has 0 rings (SSSR count). The van der Waals surface area contributed by atoms with Crippen molar-refractivity contribution in [2.75, 3.05) is 13.7 Å². The third-order valence-electron chi connectivity index (χ3n) is 1.33. The van der Waals surface area contributed by atoms with Gasteiger partial charge in [0, 0.05) is 0 Å². The van der Waals surface area contributed by atoms with Crippen molar-refractivity contribution in [1.82, 2.24) is 5.32 Å². The van der Waals surface area contributed by atoms with E-state index >= 15 is 0 Å². The fraction of sp³-hybridized carbons (Fsp3) is 0.875. The number of hydrogen-bond acceptors (Lipinski definition) is 3. The van der Waals surface area contributed by atoms with E-state index in [-0.39, 0.29) is 12.2 Å². The summed E-state index contributed by atoms with van der Waals surface area (Å²) in [5, 5.41) is 11.3. The van der Waals surface area contributed by atoms with Gasteiger partial charge in [0.25, 0.3) is 0 Å². The van der Waals surface area contributed by atoms with E-state index in [4.69, 9.17) is 9.84 Å². The SMILES string of the molecule is CNC(COC(C)(C)C)C(=O)O. The zero-order chi connectivity index (χ0) is 9.78. The highest BCUT2D eigenvalue weighted by molar-refractivity contribution is 5.73. The normalized spacial score (nSPS) is 14.3. The molecular formula is C8H17NO3. The number of likely N-dealkylation sites (N-methyl/N-ethyl adjacent to an activating group) is 1. The maximum absolute atomic E-state index is 10.5. The first-order valence-electron chi connectivity index (χ1n) is 3.91. The molecule has 0 radical (unpaired) electrons. The van der Waals surface area contributed by atoms with Crippen molar-refractivity contribution in [3.05, 3.63) is 0 Å². The van der Waals surface area contributed by atoms with Gasteiger partial charge in [0.1, 0.15) is 6.04 Å². The van der Waals surface area contributed by atoms with Gasteiger partial charge in [-0.1, -0.05) is 0 Å². The molecule has 2 N–H and O–H groups in total. The molecule has 0 aromatic carbocycles. The van der Waals surface area contributed by atoms with Gasteiger partial charge in [0.2, 0.25) is 0 Å². The molecule has 4 heteroatoms. The lowest BCUT2D eigenvalue weighted by molar-refractivity contribution is -0.142. The summed E-state index contributed by atoms with van der Waals surface area (Å²) in [5.74, 6) is -0.887. The lowest BCUT2D eigenvalue weighted by atomic mass is 10.2. The van der Waals surface area contributed by atoms with Crippen molar-refractivity contribution < 1.29 is 14.6 Å². The Morgan fingerprint density at radius 1 is 1.58 bits per heavy atom. The smallest absolute Gasteiger partial charge is 0.323 e. The Kier molecular flexibility index (Phi) is 4.20. The Bertz CT molecular complexity index is 151. The van der Waals surface area contributed by atoms with E-state index in [0.29, 0.717) is 0 Å². The molecule has 1 unspecified atom stereocenters. The van der Waals surface area contributed by atoms with Gasteiger partial charge in [-0.3, -0.25) is 4.79 Å². The van der Waals surface area contributed by atoms with Crippen LogP contribution < -0.4 is 5.32 Å². The fourth-order valence-corrected chi connectivity index (χ4v) is 0.611. The van der Waals surface area contributed by atoms with Gasteiger partial charge < -0.3 is 15.2 Å². The highest BCUT2D eigenvalue weighted by Crippen LogP contribution is 2.06. The molecule has 0 heterocycles. The van der Waals surface area contributed by atoms with Crippen molar-refractivity contribution in [2.45, 2.75) is 32.4 Å². The van der Waals surface area contributed by atoms with Gasteiger partial charge in [0.15, 0.2) is 0 Å². The van der Waals surface area contributed by atoms with Crippen LogP contribution in [0.3, 0.4) is 0 Å². The third-order valence-corrected chi connectivity index (χ3v) is 1.33. The highest BCUT2D eigenvalue weighted by Gasteiger charge is 2.18. The minimum Gasteiger partial charge on any atom is -0.480 e. The van der Waals surface area contributed by atoms with Crippen LogP contribution in [0, 0.1) is 0 Å². The zero-order valence-corrected chi connectivity index (χ0v) is 8.05. The topological polar surface area (TPSA) is 58.6 Å². The molecule has 0 aromatic rings. The van der Waals surface area contributed by atoms with Crippen molar-refractivity contribution in [3.8, 4) is 0 Å². The van der Waals surface area contributed by atoms with Crippen LogP contribution in [0.4, 0.5) is 0 Å². The number of carboxylic acids is 1. The second kappa shape index (κ2) is 4.42. The minimum absolute atomic E-state index is 0.190. The van der Waals surface area contributed by atoms with Gasteiger partial charge >= 0.3 is 5.97 Å². The molecule has 1 atom stereocenters. The quantitative estimate of drug-likeness (QED) is 0.652. The lowest BCUT2D eigenvalue weighted by Crippen LogP contribution is -2.40. The molecule has 0 saturated carbocycles. The average molecular weight is 175 g/mol. The Labute approximate surface area is 72.9 Å². The van der Waals surface area contributed by atoms with Crippen LogP contribution in [0.15, 0.2) is 0 Å². The standard InChI is InChI=1S/C8H17NO3/c1-8(2,3)12-5-6(9-4)7(10)11/h6,9H,5H2,1-4H3,(H,10,11). The van der Waals surface area contributed by atoms with E-state index in [1.165, 1.54) is 0 Å². The monoisotopic (exact) mass is 175 g/mol. The summed E-state index contributed by atoms with van der Waals surface area (Å²) in [5.41, 5.74) is -0.287. The molecule has 4 nitrogen and oxygen atoms in total. The number of hydrogen-bond donors (Lipinski definition) is 2. The predicted octanol–water partition coefficient (Wildman–Crippen LogP) is 0.474. The number of rotatable bonds is 4. The average Bonchev–Trinajstić information content (AvgIpc) is 1.85. The molecule has 0 aliphatic rings. The summed E-state index contributed by atoms with van der Waals surface area (Å²) in [4.78, 5) is 10.5. The van der Waals surface area contributed by atoms with E-state index in [1.807, 2.05) is 20.8 Å². The Balaban J connectivity index is 3.81. The fourth-order valence-electron chi connectivity index (χ4n) is 0.611. The van der Waals surface area contributed by atoms with Crippen molar-refractivity contribution >= 4 is 5.97 Å². The van der Waals surface area contributed by atoms with E-state index in [9.17, 15) is 4.79 Å². The number of carboxylic acid groups (broad SMARTS) is 1. The second-order valence-corrected chi connectivity index (χ2v) is 3.60. The van der Waals surface area contributed by atoms with Gasteiger partial charge in [-0.25, -0.2) is 0 Å². The molecule has 0 aromatic heterocycles. The zero-order valence-electron chi connectivity index (χ0n) is 8.05. The molecule has 12 heavy (non-hydrogen) atoms. The number of nitrogens with one attached hydrogen (secondary N) is 1. The van der Waals surface area contributed by atoms with Crippen LogP contribution in [0.2, 0.25) is 0 Å². The molecule has 0 bridgehead atoms. The maximum Gasteiger partial charge on any atom is 0.323 e. The van der Waals surface area contributed by atoms with Crippen molar-refractivity contribution in [1.29, 1.82) is 0 Å². The molecule has 0 fully saturated rings. The van der Waals surface area contributed by atoms with Crippen molar-refractivity contribution in [3.63, 3.8) is 0 Å². The first kappa shape index (κ1) is 11.4. The van der Waals surface area contributed by atoms with Crippen LogP contribution >= 0.6 is 0 Å². The molecule has 0 spiro atoms. The Morgan fingerprint density at radius 3 is 2.33 bits per heavy atom. The summed E-state index contributed by atoms with van der Waals surface area (Å²) in [6.07, 6.45) is 0. The van der Waals surface area contributed by atoms with Gasteiger partial charge in [-0.2, -0.15) is 0 Å². The van der Waals surface area contributed by atoms with E-state index < -0.39 is 12.0 Å². The number of aliphatic carboxylic acids is 1. The van der Waals surface area contributed by atoms with Crippen molar-refractivity contribution in [2.24, 2.45) is 0 Å². The van der Waals surface area contributed by atoms with Crippen LogP contribution in [-0.2, 0) is 9.53 Å². The molecule has 0 amide bonds. The highest BCUT2D eigenvalue weighted by atomic mass is 16.5. The number of ether oxygens (including phenoxy) is 1. The van der Waals surface area contributed by atoms with Crippen LogP contribution in [0.25, 0.3) is 0 Å². The summed E-state index contributed by atoms with van der Waals surface area (Å²) in [6.45, 7) is 5.86. The molecule has 0 saturated heterocycles. The van der Waals surface area contributed by atoms with Gasteiger partial charge in [0.05, 0.1) is 12.2 Å². The summed E-state index contributed by atoms with van der Waals surface area (Å²) < 4.78 is 5.30. The Morgan fingerprint density at radius 2 is 2.08 bits per heavy atom. The van der Waals surface area contributed by atoms with Crippen LogP contribution in [-0.4, -0.2) is 36.4 Å². The largest absolute Gasteiger partial charge is 0.480 e. The van der Waals surface area contributed by atoms with Gasteiger partial charge in [-0.15, -0.1) is 0 Å². The van der Waals surface area contributed by atoms with Crippen LogP contribution in [0.5, 0.6) is 0 Å². The van der Waals surface area contributed by atoms with E-state index in [1.54, 1.807) is 7.05 Å². The van der Waals surface area contributed by atoms with Gasteiger partial charge in [-0.05, 0) is 27.8 Å². The summed E-state index contributed by atoms with van der Waals surface area (Å²) >= 11 is 0. The Hall–Kier alpha value is -0.610. The third kappa shape index (κ3) is 5.09. The molecule has 0 aliphatic carbocycles. The summed E-state index contributed by atoms with van der Waals surface area (Å²) in [6, 6.07) is -0.621. The van der Waals surface area contributed by atoms with E-state index in [0.717, 1.165) is 0 Å².